The molecule has 0 N–H and O–H groups in total. The van der Waals surface area contributed by atoms with Crippen molar-refractivity contribution in [3.05, 3.63) is 101 Å². The Morgan fingerprint density at radius 2 is 1.57 bits per heavy atom. The zero-order chi connectivity index (χ0) is 24.8. The minimum absolute atomic E-state index is 0.209. The fraction of sp³-hybridized carbons (Fsp3) is 0.172. The lowest BCUT2D eigenvalue weighted by Gasteiger charge is -2.18. The first-order chi connectivity index (χ1) is 17.0. The summed E-state index contributed by atoms with van der Waals surface area (Å²) in [5, 5.41) is 0. The third kappa shape index (κ3) is 5.27. The average Bonchev–Trinajstić information content (AvgIpc) is 3.10. The largest absolute Gasteiger partial charge is 0.494 e. The van der Waals surface area contributed by atoms with Crippen LogP contribution in [0.1, 0.15) is 26.3 Å². The van der Waals surface area contributed by atoms with Crippen LogP contribution in [0.2, 0.25) is 0 Å². The van der Waals surface area contributed by atoms with Crippen LogP contribution >= 0.6 is 0 Å². The highest BCUT2D eigenvalue weighted by Crippen LogP contribution is 2.36. The lowest BCUT2D eigenvalue weighted by atomic mass is 10.0. The lowest BCUT2D eigenvalue weighted by molar-refractivity contribution is -0.138. The van der Waals surface area contributed by atoms with Gasteiger partial charge in [0.15, 0.2) is 0 Å². The molecule has 0 radical (unpaired) electrons. The van der Waals surface area contributed by atoms with Crippen molar-refractivity contribution in [3.63, 3.8) is 0 Å². The molecule has 3 aromatic rings. The first-order valence-electron chi connectivity index (χ1n) is 11.5. The van der Waals surface area contributed by atoms with Crippen LogP contribution in [0.4, 0.5) is 5.69 Å². The Morgan fingerprint density at radius 3 is 2.26 bits per heavy atom. The van der Waals surface area contributed by atoms with Crippen molar-refractivity contribution in [1.29, 1.82) is 0 Å². The monoisotopic (exact) mass is 469 g/mol. The zero-order valence-corrected chi connectivity index (χ0v) is 20.0. The summed E-state index contributed by atoms with van der Waals surface area (Å²) in [6, 6.07) is 24.0. The number of ether oxygens (including phenoxy) is 3. The highest BCUT2D eigenvalue weighted by Gasteiger charge is 2.38. The molecule has 0 spiro atoms. The van der Waals surface area contributed by atoms with Gasteiger partial charge in [0, 0.05) is 11.4 Å². The number of carbonyl (C=O) groups is 2. The van der Waals surface area contributed by atoms with E-state index in [0.29, 0.717) is 35.2 Å². The second kappa shape index (κ2) is 10.7. The molecule has 0 saturated heterocycles. The molecule has 1 aliphatic heterocycles. The number of carbonyl (C=O) groups excluding carboxylic acids is 2. The van der Waals surface area contributed by atoms with E-state index in [2.05, 4.69) is 0 Å². The van der Waals surface area contributed by atoms with E-state index in [9.17, 15) is 9.59 Å². The Kier molecular flexibility index (Phi) is 7.31. The molecule has 0 unspecified atom stereocenters. The van der Waals surface area contributed by atoms with Crippen molar-refractivity contribution >= 4 is 23.6 Å². The van der Waals surface area contributed by atoms with Crippen molar-refractivity contribution in [2.45, 2.75) is 20.8 Å². The molecule has 6 nitrogen and oxygen atoms in total. The van der Waals surface area contributed by atoms with Gasteiger partial charge in [0.25, 0.3) is 5.91 Å². The minimum atomic E-state index is -0.533. The fourth-order valence-corrected chi connectivity index (χ4v) is 3.91. The Hall–Kier alpha value is -4.32. The van der Waals surface area contributed by atoms with E-state index in [1.54, 1.807) is 44.2 Å². The van der Waals surface area contributed by atoms with Gasteiger partial charge in [-0.05, 0) is 80.9 Å². The predicted molar refractivity (Wildman–Crippen MR) is 135 cm³/mol. The van der Waals surface area contributed by atoms with E-state index in [4.69, 9.17) is 14.2 Å². The maximum Gasteiger partial charge on any atom is 0.340 e. The number of hydrogen-bond acceptors (Lipinski definition) is 5. The molecule has 1 aliphatic rings. The third-order valence-electron chi connectivity index (χ3n) is 5.43. The number of amides is 1. The highest BCUT2D eigenvalue weighted by atomic mass is 16.5. The molecule has 0 bridgehead atoms. The number of esters is 1. The smallest absolute Gasteiger partial charge is 0.340 e. The van der Waals surface area contributed by atoms with Crippen LogP contribution in [0, 0.1) is 0 Å². The van der Waals surface area contributed by atoms with Crippen LogP contribution in [0.25, 0.3) is 6.08 Å². The van der Waals surface area contributed by atoms with Crippen LogP contribution in [0.3, 0.4) is 0 Å². The zero-order valence-electron chi connectivity index (χ0n) is 20.0. The summed E-state index contributed by atoms with van der Waals surface area (Å²) in [6.07, 6.45) is 1.70. The Balaban J connectivity index is 1.71. The number of para-hydroxylation sites is 1. The van der Waals surface area contributed by atoms with Gasteiger partial charge in [-0.3, -0.25) is 9.69 Å². The van der Waals surface area contributed by atoms with Gasteiger partial charge in [-0.25, -0.2) is 4.79 Å². The van der Waals surface area contributed by atoms with Crippen molar-refractivity contribution in [3.8, 4) is 17.2 Å². The third-order valence-corrected chi connectivity index (χ3v) is 5.43. The first kappa shape index (κ1) is 23.8. The molecule has 35 heavy (non-hydrogen) atoms. The summed E-state index contributed by atoms with van der Waals surface area (Å²) >= 11 is 0. The molecule has 1 heterocycles. The molecule has 6 heteroatoms. The molecule has 0 aliphatic carbocycles. The van der Waals surface area contributed by atoms with Crippen LogP contribution in [-0.4, -0.2) is 25.1 Å². The van der Waals surface area contributed by atoms with Crippen LogP contribution in [-0.2, 0) is 14.3 Å². The quantitative estimate of drug-likeness (QED) is 0.293. The summed E-state index contributed by atoms with van der Waals surface area (Å²) in [6.45, 7) is 6.15. The standard InChI is InChI=1S/C29H27NO5/c1-4-33-23-16-14-22(15-17-23)30-20(3)27(29(32)34-5-2)26(28(30)31)19-21-10-9-13-25(18-21)35-24-11-7-6-8-12-24/h6-19H,4-5H2,1-3H3/b26-19-. The van der Waals surface area contributed by atoms with Gasteiger partial charge in [-0.1, -0.05) is 30.3 Å². The topological polar surface area (TPSA) is 65.1 Å². The summed E-state index contributed by atoms with van der Waals surface area (Å²) in [5.41, 5.74) is 2.40. The van der Waals surface area contributed by atoms with E-state index in [1.165, 1.54) is 4.90 Å². The first-order valence-corrected chi connectivity index (χ1v) is 11.5. The molecule has 4 rings (SSSR count). The van der Waals surface area contributed by atoms with Gasteiger partial charge < -0.3 is 14.2 Å². The molecular formula is C29H27NO5. The van der Waals surface area contributed by atoms with Gasteiger partial charge in [-0.15, -0.1) is 0 Å². The number of rotatable bonds is 8. The number of nitrogens with zero attached hydrogens (tertiary/aromatic N) is 1. The Labute approximate surface area is 205 Å². The Morgan fingerprint density at radius 1 is 0.857 bits per heavy atom. The van der Waals surface area contributed by atoms with Gasteiger partial charge in [0.05, 0.1) is 24.4 Å². The summed E-state index contributed by atoms with van der Waals surface area (Å²) in [7, 11) is 0. The van der Waals surface area contributed by atoms with Gasteiger partial charge in [0.2, 0.25) is 0 Å². The summed E-state index contributed by atoms with van der Waals surface area (Å²) in [5.74, 6) is 1.21. The van der Waals surface area contributed by atoms with Crippen molar-refractivity contribution < 1.29 is 23.8 Å². The summed E-state index contributed by atoms with van der Waals surface area (Å²) < 4.78 is 16.7. The van der Waals surface area contributed by atoms with Crippen LogP contribution in [0.15, 0.2) is 95.7 Å². The van der Waals surface area contributed by atoms with Gasteiger partial charge >= 0.3 is 5.97 Å². The average molecular weight is 470 g/mol. The fourth-order valence-electron chi connectivity index (χ4n) is 3.91. The second-order valence-electron chi connectivity index (χ2n) is 7.79. The molecule has 0 aromatic heterocycles. The maximum absolute atomic E-state index is 13.6. The molecule has 0 fully saturated rings. The van der Waals surface area contributed by atoms with Crippen molar-refractivity contribution in [2.24, 2.45) is 0 Å². The molecule has 1 amide bonds. The summed E-state index contributed by atoms with van der Waals surface area (Å²) in [4.78, 5) is 28.0. The normalized spacial score (nSPS) is 14.4. The van der Waals surface area contributed by atoms with Crippen molar-refractivity contribution in [1.82, 2.24) is 0 Å². The van der Waals surface area contributed by atoms with Crippen LogP contribution < -0.4 is 14.4 Å². The SMILES string of the molecule is CCOC(=O)C1=C(C)N(c2ccc(OCC)cc2)C(=O)/C1=C\c1cccc(Oc2ccccc2)c1. The number of anilines is 1. The second-order valence-corrected chi connectivity index (χ2v) is 7.79. The lowest BCUT2D eigenvalue weighted by Crippen LogP contribution is -2.24. The van der Waals surface area contributed by atoms with E-state index < -0.39 is 5.97 Å². The minimum Gasteiger partial charge on any atom is -0.494 e. The number of hydrogen-bond donors (Lipinski definition) is 0. The highest BCUT2D eigenvalue weighted by molar-refractivity contribution is 6.23. The number of allylic oxidation sites excluding steroid dienone is 1. The van der Waals surface area contributed by atoms with Crippen LogP contribution in [0.5, 0.6) is 17.2 Å². The number of benzene rings is 3. The molecule has 0 atom stereocenters. The van der Waals surface area contributed by atoms with Gasteiger partial charge in [0.1, 0.15) is 17.2 Å². The predicted octanol–water partition coefficient (Wildman–Crippen LogP) is 6.14. The molecule has 0 saturated carbocycles. The molecular weight excluding hydrogens is 442 g/mol. The maximum atomic E-state index is 13.6. The van der Waals surface area contributed by atoms with Gasteiger partial charge in [-0.2, -0.15) is 0 Å². The molecule has 178 valence electrons. The van der Waals surface area contributed by atoms with E-state index in [1.807, 2.05) is 61.5 Å². The van der Waals surface area contributed by atoms with E-state index in [-0.39, 0.29) is 23.7 Å². The molecule has 3 aromatic carbocycles. The van der Waals surface area contributed by atoms with E-state index in [0.717, 1.165) is 5.56 Å². The van der Waals surface area contributed by atoms with Crippen molar-refractivity contribution in [2.75, 3.05) is 18.1 Å². The van der Waals surface area contributed by atoms with E-state index >= 15 is 0 Å². The Bertz CT molecular complexity index is 1280.